The van der Waals surface area contributed by atoms with Crippen LogP contribution in [-0.2, 0) is 9.59 Å². The monoisotopic (exact) mass is 334 g/mol. The Morgan fingerprint density at radius 3 is 2.35 bits per heavy atom. The molecule has 0 aliphatic heterocycles. The molecule has 0 atom stereocenters. The second-order valence-corrected chi connectivity index (χ2v) is 5.56. The minimum Gasteiger partial charge on any atom is -0.326 e. The highest BCUT2D eigenvalue weighted by molar-refractivity contribution is 7.80. The number of nitrogens with one attached hydrogen (secondary N) is 4. The number of carbonyl (C=O) groups is 3. The third kappa shape index (κ3) is 5.33. The van der Waals surface area contributed by atoms with Gasteiger partial charge in [-0.05, 0) is 49.3 Å². The van der Waals surface area contributed by atoms with E-state index >= 15 is 0 Å². The Morgan fingerprint density at radius 1 is 1.13 bits per heavy atom. The molecule has 1 aliphatic carbocycles. The van der Waals surface area contributed by atoms with E-state index in [1.807, 2.05) is 0 Å². The van der Waals surface area contributed by atoms with Crippen LogP contribution < -0.4 is 21.5 Å². The lowest BCUT2D eigenvalue weighted by molar-refractivity contribution is -0.121. The molecule has 122 valence electrons. The average molecular weight is 334 g/mol. The quantitative estimate of drug-likeness (QED) is 0.488. The summed E-state index contributed by atoms with van der Waals surface area (Å²) in [5.74, 6) is -0.592. The van der Waals surface area contributed by atoms with Gasteiger partial charge in [0.1, 0.15) is 0 Å². The van der Waals surface area contributed by atoms with E-state index in [4.69, 9.17) is 12.2 Å². The fourth-order valence-electron chi connectivity index (χ4n) is 1.73. The van der Waals surface area contributed by atoms with Gasteiger partial charge < -0.3 is 10.6 Å². The highest BCUT2D eigenvalue weighted by Crippen LogP contribution is 2.28. The number of thiocarbonyl (C=S) groups is 1. The summed E-state index contributed by atoms with van der Waals surface area (Å²) in [7, 11) is 0. The van der Waals surface area contributed by atoms with Gasteiger partial charge in [0, 0.05) is 23.6 Å². The SMILES string of the molecule is CCC(=O)Nc1ccc(C(=O)NNC(=S)NC(=O)C2CC2)cc1. The first-order valence-electron chi connectivity index (χ1n) is 7.30. The highest BCUT2D eigenvalue weighted by atomic mass is 32.1. The molecule has 7 nitrogen and oxygen atoms in total. The zero-order valence-electron chi connectivity index (χ0n) is 12.6. The number of hydrogen-bond acceptors (Lipinski definition) is 4. The van der Waals surface area contributed by atoms with Crippen LogP contribution in [0.15, 0.2) is 24.3 Å². The molecule has 0 spiro atoms. The van der Waals surface area contributed by atoms with Crippen LogP contribution in [0.3, 0.4) is 0 Å². The van der Waals surface area contributed by atoms with Crippen molar-refractivity contribution in [1.82, 2.24) is 16.2 Å². The lowest BCUT2D eigenvalue weighted by Crippen LogP contribution is -2.48. The molecule has 0 unspecified atom stereocenters. The Hall–Kier alpha value is -2.48. The van der Waals surface area contributed by atoms with Crippen LogP contribution in [0, 0.1) is 5.92 Å². The van der Waals surface area contributed by atoms with Crippen LogP contribution in [0.1, 0.15) is 36.5 Å². The van der Waals surface area contributed by atoms with Gasteiger partial charge in [0.25, 0.3) is 5.91 Å². The Bertz CT molecular complexity index is 626. The molecule has 1 saturated carbocycles. The number of carbonyl (C=O) groups excluding carboxylic acids is 3. The van der Waals surface area contributed by atoms with E-state index in [0.29, 0.717) is 17.7 Å². The molecule has 3 amide bonds. The lowest BCUT2D eigenvalue weighted by atomic mass is 10.2. The van der Waals surface area contributed by atoms with Crippen molar-refractivity contribution in [1.29, 1.82) is 0 Å². The predicted octanol–water partition coefficient (Wildman–Crippen LogP) is 1.08. The van der Waals surface area contributed by atoms with Crippen LogP contribution in [-0.4, -0.2) is 22.8 Å². The molecule has 1 aliphatic rings. The zero-order valence-corrected chi connectivity index (χ0v) is 13.5. The molecular formula is C15H18N4O3S. The van der Waals surface area contributed by atoms with Crippen molar-refractivity contribution in [3.8, 4) is 0 Å². The van der Waals surface area contributed by atoms with Gasteiger partial charge in [0.15, 0.2) is 5.11 Å². The van der Waals surface area contributed by atoms with Gasteiger partial charge in [-0.15, -0.1) is 0 Å². The maximum absolute atomic E-state index is 11.9. The van der Waals surface area contributed by atoms with E-state index in [-0.39, 0.29) is 22.8 Å². The Morgan fingerprint density at radius 2 is 1.78 bits per heavy atom. The summed E-state index contributed by atoms with van der Waals surface area (Å²) < 4.78 is 0. The summed E-state index contributed by atoms with van der Waals surface area (Å²) in [6.45, 7) is 1.76. The summed E-state index contributed by atoms with van der Waals surface area (Å²) in [5.41, 5.74) is 5.89. The molecule has 0 aromatic heterocycles. The van der Waals surface area contributed by atoms with E-state index in [2.05, 4.69) is 21.5 Å². The van der Waals surface area contributed by atoms with Crippen molar-refractivity contribution < 1.29 is 14.4 Å². The Labute approximate surface area is 139 Å². The van der Waals surface area contributed by atoms with Crippen molar-refractivity contribution >= 4 is 40.7 Å². The summed E-state index contributed by atoms with van der Waals surface area (Å²) in [4.78, 5) is 34.7. The normalized spacial score (nSPS) is 12.9. The molecular weight excluding hydrogens is 316 g/mol. The Balaban J connectivity index is 1.79. The molecule has 0 radical (unpaired) electrons. The molecule has 4 N–H and O–H groups in total. The van der Waals surface area contributed by atoms with Gasteiger partial charge in [0.2, 0.25) is 11.8 Å². The number of anilines is 1. The minimum absolute atomic E-state index is 0.0383. The first-order valence-corrected chi connectivity index (χ1v) is 7.71. The molecule has 8 heteroatoms. The molecule has 1 fully saturated rings. The van der Waals surface area contributed by atoms with Crippen molar-refractivity contribution in [2.75, 3.05) is 5.32 Å². The van der Waals surface area contributed by atoms with Gasteiger partial charge in [-0.2, -0.15) is 0 Å². The van der Waals surface area contributed by atoms with Gasteiger partial charge in [0.05, 0.1) is 0 Å². The fourth-order valence-corrected chi connectivity index (χ4v) is 1.88. The molecule has 0 saturated heterocycles. The first kappa shape index (κ1) is 16.9. The number of hydrogen-bond donors (Lipinski definition) is 4. The summed E-state index contributed by atoms with van der Waals surface area (Å²) in [6, 6.07) is 6.42. The third-order valence-electron chi connectivity index (χ3n) is 3.23. The van der Waals surface area contributed by atoms with E-state index < -0.39 is 5.91 Å². The smallest absolute Gasteiger partial charge is 0.269 e. The number of amides is 3. The second-order valence-electron chi connectivity index (χ2n) is 5.15. The van der Waals surface area contributed by atoms with Crippen molar-refractivity contribution in [2.45, 2.75) is 26.2 Å². The summed E-state index contributed by atoms with van der Waals surface area (Å²) in [5, 5.41) is 5.25. The van der Waals surface area contributed by atoms with E-state index in [1.54, 1.807) is 31.2 Å². The van der Waals surface area contributed by atoms with Crippen molar-refractivity contribution in [3.05, 3.63) is 29.8 Å². The molecule has 0 bridgehead atoms. The van der Waals surface area contributed by atoms with Gasteiger partial charge in [-0.1, -0.05) is 6.92 Å². The zero-order chi connectivity index (χ0) is 16.8. The lowest BCUT2D eigenvalue weighted by Gasteiger charge is -2.11. The van der Waals surface area contributed by atoms with Crippen molar-refractivity contribution in [3.63, 3.8) is 0 Å². The van der Waals surface area contributed by atoms with Gasteiger partial charge in [-0.3, -0.25) is 25.2 Å². The van der Waals surface area contributed by atoms with Crippen LogP contribution >= 0.6 is 12.2 Å². The van der Waals surface area contributed by atoms with E-state index in [1.165, 1.54) is 0 Å². The highest BCUT2D eigenvalue weighted by Gasteiger charge is 2.30. The maximum atomic E-state index is 11.9. The largest absolute Gasteiger partial charge is 0.326 e. The second kappa shape index (κ2) is 7.68. The molecule has 2 rings (SSSR count). The first-order chi connectivity index (χ1) is 11.0. The van der Waals surface area contributed by atoms with Crippen molar-refractivity contribution in [2.24, 2.45) is 5.92 Å². The molecule has 0 heterocycles. The number of hydrazine groups is 1. The number of benzene rings is 1. The standard InChI is InChI=1S/C15H18N4O3S/c1-2-12(20)16-11-7-5-10(6-8-11)14(22)18-19-15(23)17-13(21)9-3-4-9/h5-9H,2-4H2,1H3,(H,16,20)(H,18,22)(H2,17,19,21,23). The molecule has 1 aromatic rings. The molecule has 23 heavy (non-hydrogen) atoms. The van der Waals surface area contributed by atoms with E-state index in [0.717, 1.165) is 12.8 Å². The summed E-state index contributed by atoms with van der Waals surface area (Å²) >= 11 is 4.92. The van der Waals surface area contributed by atoms with Crippen LogP contribution in [0.25, 0.3) is 0 Å². The predicted molar refractivity (Wildman–Crippen MR) is 89.4 cm³/mol. The number of rotatable bonds is 4. The molecule has 1 aromatic carbocycles. The van der Waals surface area contributed by atoms with E-state index in [9.17, 15) is 14.4 Å². The van der Waals surface area contributed by atoms with Crippen LogP contribution in [0.5, 0.6) is 0 Å². The van der Waals surface area contributed by atoms with Gasteiger partial charge in [-0.25, -0.2) is 0 Å². The minimum atomic E-state index is -0.401. The topological polar surface area (TPSA) is 99.3 Å². The third-order valence-corrected chi connectivity index (χ3v) is 3.43. The fraction of sp³-hybridized carbons (Fsp3) is 0.333. The average Bonchev–Trinajstić information content (AvgIpc) is 3.38. The Kier molecular flexibility index (Phi) is 5.64. The van der Waals surface area contributed by atoms with Crippen LogP contribution in [0.4, 0.5) is 5.69 Å². The summed E-state index contributed by atoms with van der Waals surface area (Å²) in [6.07, 6.45) is 2.14. The van der Waals surface area contributed by atoms with Crippen LogP contribution in [0.2, 0.25) is 0 Å². The van der Waals surface area contributed by atoms with Gasteiger partial charge >= 0.3 is 0 Å². The maximum Gasteiger partial charge on any atom is 0.269 e.